The van der Waals surface area contributed by atoms with Crippen molar-refractivity contribution in [2.45, 2.75) is 90.6 Å². The standard InChI is InChI=1S/C33H45N3O7S/c1-22-11-7-5-9-13-29(43-33(34)41)28(38)16-15-26(37)12-8-6-10-14-31(39)42-30(20-22)24(3)19-23(2)17-18-35-32(40)27-21-44-25(4)36-27/h5,7,10-11,14-19,21,24,26,28-30,37-38H,6,8-9,12-13,20H2,1-4H3,(H2,34,41)(H,35,40)/b7-5+,14-10+,16-15+,18-17+,22-11+,23-19+/t24-,26+,28+,29+,30-/m1/s1. The molecular formula is C33H45N3O7S. The maximum absolute atomic E-state index is 12.7. The number of ether oxygens (including phenoxy) is 2. The summed E-state index contributed by atoms with van der Waals surface area (Å²) in [5.41, 5.74) is 7.42. The molecule has 0 saturated carbocycles. The van der Waals surface area contributed by atoms with Crippen LogP contribution in [0.25, 0.3) is 0 Å². The molecule has 0 aromatic carbocycles. The van der Waals surface area contributed by atoms with E-state index in [1.165, 1.54) is 29.6 Å². The molecule has 0 saturated heterocycles. The molecule has 0 spiro atoms. The van der Waals surface area contributed by atoms with E-state index in [2.05, 4.69) is 10.3 Å². The number of cyclic esters (lactones) is 1. The third-order valence-corrected chi connectivity index (χ3v) is 7.53. The van der Waals surface area contributed by atoms with E-state index in [1.807, 2.05) is 52.0 Å². The van der Waals surface area contributed by atoms with Crippen molar-refractivity contribution in [2.24, 2.45) is 11.7 Å². The quantitative estimate of drug-likeness (QED) is 0.187. The second-order valence-electron chi connectivity index (χ2n) is 10.8. The van der Waals surface area contributed by atoms with Gasteiger partial charge >= 0.3 is 12.1 Å². The number of aliphatic hydroxyl groups excluding tert-OH is 2. The van der Waals surface area contributed by atoms with Crippen molar-refractivity contribution < 1.29 is 34.1 Å². The van der Waals surface area contributed by atoms with Crippen LogP contribution < -0.4 is 11.1 Å². The number of aliphatic hydroxyl groups is 2. The topological polar surface area (TPSA) is 161 Å². The first-order valence-corrected chi connectivity index (χ1v) is 15.6. The molecule has 0 fully saturated rings. The van der Waals surface area contributed by atoms with Gasteiger partial charge in [0.15, 0.2) is 0 Å². The van der Waals surface area contributed by atoms with Gasteiger partial charge in [0.05, 0.1) is 11.1 Å². The maximum Gasteiger partial charge on any atom is 0.404 e. The number of nitrogens with two attached hydrogens (primary N) is 1. The molecule has 11 heteroatoms. The lowest BCUT2D eigenvalue weighted by Gasteiger charge is -2.22. The highest BCUT2D eigenvalue weighted by Crippen LogP contribution is 2.21. The van der Waals surface area contributed by atoms with Gasteiger partial charge in [-0.3, -0.25) is 4.79 Å². The molecule has 2 heterocycles. The largest absolute Gasteiger partial charge is 0.458 e. The SMILES string of the molecule is CC(/C=C/NC(=O)c1csc(C)n1)=C\[C@@H](C)[C@H]1C/C(C)=C/C=C/CC[C@H](OC(N)=O)[C@@H](O)/C=C/[C@@H](O)CCC/C=C/C(=O)O1. The van der Waals surface area contributed by atoms with E-state index in [-0.39, 0.29) is 11.8 Å². The number of nitrogens with zero attached hydrogens (tertiary/aromatic N) is 1. The van der Waals surface area contributed by atoms with Gasteiger partial charge in [-0.15, -0.1) is 11.3 Å². The lowest BCUT2D eigenvalue weighted by molar-refractivity contribution is -0.144. The van der Waals surface area contributed by atoms with Gasteiger partial charge in [-0.1, -0.05) is 60.6 Å². The van der Waals surface area contributed by atoms with Gasteiger partial charge in [0.25, 0.3) is 5.91 Å². The fourth-order valence-electron chi connectivity index (χ4n) is 4.40. The first-order chi connectivity index (χ1) is 20.9. The van der Waals surface area contributed by atoms with E-state index in [0.29, 0.717) is 44.2 Å². The predicted octanol–water partition coefficient (Wildman–Crippen LogP) is 5.34. The number of carbonyl (C=O) groups excluding carboxylic acids is 3. The molecule has 5 N–H and O–H groups in total. The number of allylic oxidation sites excluding steroid dienone is 6. The van der Waals surface area contributed by atoms with Crippen molar-refractivity contribution in [3.8, 4) is 0 Å². The van der Waals surface area contributed by atoms with E-state index in [1.54, 1.807) is 23.7 Å². The van der Waals surface area contributed by atoms with Crippen molar-refractivity contribution >= 4 is 29.3 Å². The molecule has 240 valence electrons. The van der Waals surface area contributed by atoms with Crippen molar-refractivity contribution in [3.05, 3.63) is 88.1 Å². The van der Waals surface area contributed by atoms with E-state index >= 15 is 0 Å². The summed E-state index contributed by atoms with van der Waals surface area (Å²) < 4.78 is 11.0. The summed E-state index contributed by atoms with van der Waals surface area (Å²) in [6.07, 6.45) is 15.7. The number of amides is 2. The average molecular weight is 628 g/mol. The Morgan fingerprint density at radius 2 is 1.98 bits per heavy atom. The van der Waals surface area contributed by atoms with Gasteiger partial charge in [-0.25, -0.2) is 14.6 Å². The summed E-state index contributed by atoms with van der Waals surface area (Å²) in [6.45, 7) is 7.66. The zero-order chi connectivity index (χ0) is 32.5. The summed E-state index contributed by atoms with van der Waals surface area (Å²) in [7, 11) is 0. The van der Waals surface area contributed by atoms with E-state index in [9.17, 15) is 24.6 Å². The third kappa shape index (κ3) is 14.6. The zero-order valence-corrected chi connectivity index (χ0v) is 26.7. The number of primary amides is 1. The summed E-state index contributed by atoms with van der Waals surface area (Å²) in [5, 5.41) is 26.0. The molecule has 1 aromatic heterocycles. The van der Waals surface area contributed by atoms with Gasteiger partial charge in [0.2, 0.25) is 0 Å². The van der Waals surface area contributed by atoms with E-state index in [4.69, 9.17) is 15.2 Å². The fourth-order valence-corrected chi connectivity index (χ4v) is 4.99. The highest BCUT2D eigenvalue weighted by atomic mass is 32.1. The van der Waals surface area contributed by atoms with Crippen LogP contribution in [0.2, 0.25) is 0 Å². The Bertz CT molecular complexity index is 1280. The molecule has 0 aliphatic carbocycles. The fraction of sp³-hybridized carbons (Fsp3) is 0.455. The number of carbonyl (C=O) groups is 3. The van der Waals surface area contributed by atoms with Crippen LogP contribution in [0, 0.1) is 12.8 Å². The Hall–Kier alpha value is -3.80. The van der Waals surface area contributed by atoms with Gasteiger partial charge < -0.3 is 30.7 Å². The second kappa shape index (κ2) is 19.5. The van der Waals surface area contributed by atoms with Gasteiger partial charge in [0, 0.05) is 30.0 Å². The van der Waals surface area contributed by atoms with Crippen molar-refractivity contribution in [2.75, 3.05) is 0 Å². The predicted molar refractivity (Wildman–Crippen MR) is 172 cm³/mol. The molecule has 1 aliphatic rings. The minimum Gasteiger partial charge on any atom is -0.458 e. The van der Waals surface area contributed by atoms with Crippen LogP contribution in [0.4, 0.5) is 4.79 Å². The molecule has 2 amide bonds. The first-order valence-electron chi connectivity index (χ1n) is 14.7. The minimum absolute atomic E-state index is 0.144. The van der Waals surface area contributed by atoms with Crippen molar-refractivity contribution in [1.29, 1.82) is 0 Å². The monoisotopic (exact) mass is 627 g/mol. The number of aryl methyl sites for hydroxylation is 1. The van der Waals surface area contributed by atoms with Crippen LogP contribution in [0.1, 0.15) is 74.8 Å². The molecular weight excluding hydrogens is 582 g/mol. The Kier molecular flexibility index (Phi) is 16.1. The molecule has 1 aliphatic heterocycles. The van der Waals surface area contributed by atoms with Gasteiger partial charge in [-0.05, 0) is 59.0 Å². The van der Waals surface area contributed by atoms with Crippen molar-refractivity contribution in [3.63, 3.8) is 0 Å². The van der Waals surface area contributed by atoms with Crippen molar-refractivity contribution in [1.82, 2.24) is 10.3 Å². The Balaban J connectivity index is 2.16. The highest BCUT2D eigenvalue weighted by molar-refractivity contribution is 7.09. The minimum atomic E-state index is -1.12. The van der Waals surface area contributed by atoms with Crippen LogP contribution in [0.5, 0.6) is 0 Å². The van der Waals surface area contributed by atoms with Crippen LogP contribution >= 0.6 is 11.3 Å². The second-order valence-corrected chi connectivity index (χ2v) is 11.8. The molecule has 10 nitrogen and oxygen atoms in total. The highest BCUT2D eigenvalue weighted by Gasteiger charge is 2.21. The van der Waals surface area contributed by atoms with E-state index in [0.717, 1.165) is 16.2 Å². The van der Waals surface area contributed by atoms with Crippen LogP contribution in [0.15, 0.2) is 77.4 Å². The Morgan fingerprint density at radius 3 is 2.68 bits per heavy atom. The Morgan fingerprint density at radius 1 is 1.20 bits per heavy atom. The summed E-state index contributed by atoms with van der Waals surface area (Å²) >= 11 is 1.41. The number of thiazole rings is 1. The number of hydrogen-bond donors (Lipinski definition) is 4. The number of esters is 1. The normalized spacial score (nSPS) is 27.3. The smallest absolute Gasteiger partial charge is 0.404 e. The number of aromatic nitrogens is 1. The summed E-state index contributed by atoms with van der Waals surface area (Å²) in [4.78, 5) is 40.5. The third-order valence-electron chi connectivity index (χ3n) is 6.75. The number of rotatable bonds is 6. The molecule has 5 atom stereocenters. The van der Waals surface area contributed by atoms with Crippen LogP contribution in [-0.2, 0) is 14.3 Å². The molecule has 0 radical (unpaired) electrons. The lowest BCUT2D eigenvalue weighted by Crippen LogP contribution is -2.32. The maximum atomic E-state index is 12.7. The molecule has 2 rings (SSSR count). The number of nitrogens with one attached hydrogen (secondary N) is 1. The average Bonchev–Trinajstić information content (AvgIpc) is 3.40. The summed E-state index contributed by atoms with van der Waals surface area (Å²) in [6, 6.07) is 0. The van der Waals surface area contributed by atoms with Gasteiger partial charge in [-0.2, -0.15) is 0 Å². The van der Waals surface area contributed by atoms with Gasteiger partial charge in [0.1, 0.15) is 24.0 Å². The molecule has 0 bridgehead atoms. The number of hydrogen-bond acceptors (Lipinski definition) is 9. The zero-order valence-electron chi connectivity index (χ0n) is 25.8. The first kappa shape index (κ1) is 36.4. The summed E-state index contributed by atoms with van der Waals surface area (Å²) in [5.74, 6) is -0.876. The van der Waals surface area contributed by atoms with E-state index < -0.39 is 36.5 Å². The van der Waals surface area contributed by atoms with Crippen LogP contribution in [-0.4, -0.2) is 57.6 Å². The molecule has 0 unspecified atom stereocenters. The Labute approximate surface area is 263 Å². The van der Waals surface area contributed by atoms with Crippen LogP contribution in [0.3, 0.4) is 0 Å². The lowest BCUT2D eigenvalue weighted by atomic mass is 9.95. The molecule has 1 aromatic rings. The molecule has 44 heavy (non-hydrogen) atoms.